The topological polar surface area (TPSA) is 87.4 Å². The summed E-state index contributed by atoms with van der Waals surface area (Å²) in [4.78, 5) is 10.2. The van der Waals surface area contributed by atoms with E-state index in [1.807, 2.05) is 24.3 Å². The fourth-order valence-electron chi connectivity index (χ4n) is 1.26. The highest BCUT2D eigenvalue weighted by Crippen LogP contribution is 2.10. The van der Waals surface area contributed by atoms with E-state index >= 15 is 0 Å². The molecule has 0 spiro atoms. The van der Waals surface area contributed by atoms with E-state index in [2.05, 4.69) is 10.6 Å². The van der Waals surface area contributed by atoms with Gasteiger partial charge in [0.2, 0.25) is 0 Å². The number of nitrogens with one attached hydrogen (secondary N) is 2. The van der Waals surface area contributed by atoms with Crippen LogP contribution in [0.2, 0.25) is 0 Å². The van der Waals surface area contributed by atoms with Crippen LogP contribution < -0.4 is 16.4 Å². The fraction of sp³-hybridized carbons (Fsp3) is 0.200. The van der Waals surface area contributed by atoms with Crippen molar-refractivity contribution >= 4 is 29.1 Å². The summed E-state index contributed by atoms with van der Waals surface area (Å²) in [7, 11) is 0. The Balaban J connectivity index is 2.53. The first-order valence-electron chi connectivity index (χ1n) is 4.70. The molecule has 0 aliphatic heterocycles. The molecule has 1 amide bonds. The lowest BCUT2D eigenvalue weighted by Gasteiger charge is -2.06. The Hall–Kier alpha value is -1.82. The summed E-state index contributed by atoms with van der Waals surface area (Å²) < 4.78 is 0. The molecule has 5 nitrogen and oxygen atoms in total. The van der Waals surface area contributed by atoms with Gasteiger partial charge in [0, 0.05) is 12.2 Å². The normalized spacial score (nSPS) is 9.50. The average Bonchev–Trinajstić information content (AvgIpc) is 2.16. The summed E-state index contributed by atoms with van der Waals surface area (Å²) in [6.45, 7) is 0.381. The van der Waals surface area contributed by atoms with Gasteiger partial charge in [-0.3, -0.25) is 0 Å². The van der Waals surface area contributed by atoms with E-state index in [0.29, 0.717) is 13.0 Å². The Labute approximate surface area is 98.6 Å². The molecular weight excluding hydrogens is 226 g/mol. The van der Waals surface area contributed by atoms with Crippen molar-refractivity contribution in [3.63, 3.8) is 0 Å². The molecule has 6 heteroatoms. The van der Waals surface area contributed by atoms with E-state index < -0.39 is 6.09 Å². The molecule has 0 saturated heterocycles. The first kappa shape index (κ1) is 12.3. The molecule has 16 heavy (non-hydrogen) atoms. The highest BCUT2D eigenvalue weighted by atomic mass is 32.1. The molecule has 0 fully saturated rings. The van der Waals surface area contributed by atoms with Gasteiger partial charge < -0.3 is 21.5 Å². The van der Waals surface area contributed by atoms with Crippen LogP contribution in [0, 0.1) is 0 Å². The van der Waals surface area contributed by atoms with Crippen LogP contribution in [-0.4, -0.2) is 22.9 Å². The van der Waals surface area contributed by atoms with Crippen LogP contribution in [-0.2, 0) is 6.42 Å². The molecule has 1 aromatic rings. The zero-order chi connectivity index (χ0) is 12.0. The standard InChI is InChI=1S/C10H13N3O2S/c11-9(16)13-8-3-1-2-7(6-8)4-5-12-10(14)15/h1-3,6,12H,4-5H2,(H,14,15)(H3,11,13,16). The second-order valence-electron chi connectivity index (χ2n) is 3.17. The number of thiocarbonyl (C=S) groups is 1. The number of hydrogen-bond donors (Lipinski definition) is 4. The Morgan fingerprint density at radius 1 is 1.50 bits per heavy atom. The van der Waals surface area contributed by atoms with E-state index in [9.17, 15) is 4.79 Å². The monoisotopic (exact) mass is 239 g/mol. The first-order chi connectivity index (χ1) is 7.58. The molecule has 0 bridgehead atoms. The minimum Gasteiger partial charge on any atom is -0.465 e. The number of anilines is 1. The van der Waals surface area contributed by atoms with Crippen LogP contribution in [0.25, 0.3) is 0 Å². The van der Waals surface area contributed by atoms with Gasteiger partial charge in [-0.25, -0.2) is 4.79 Å². The minimum atomic E-state index is -1.02. The van der Waals surface area contributed by atoms with E-state index in [1.54, 1.807) is 0 Å². The van der Waals surface area contributed by atoms with Crippen LogP contribution >= 0.6 is 12.2 Å². The molecular formula is C10H13N3O2S. The molecule has 86 valence electrons. The molecule has 1 aromatic carbocycles. The maximum absolute atomic E-state index is 10.2. The Morgan fingerprint density at radius 2 is 2.25 bits per heavy atom. The molecule has 0 saturated carbocycles. The zero-order valence-corrected chi connectivity index (χ0v) is 9.38. The van der Waals surface area contributed by atoms with Gasteiger partial charge in [-0.15, -0.1) is 0 Å². The lowest BCUT2D eigenvalue weighted by atomic mass is 10.1. The van der Waals surface area contributed by atoms with Crippen molar-refractivity contribution in [3.05, 3.63) is 29.8 Å². The van der Waals surface area contributed by atoms with Crippen molar-refractivity contribution in [1.29, 1.82) is 0 Å². The molecule has 0 unspecified atom stereocenters. The molecule has 0 aliphatic carbocycles. The van der Waals surface area contributed by atoms with Crippen LogP contribution in [0.3, 0.4) is 0 Å². The largest absolute Gasteiger partial charge is 0.465 e. The molecule has 5 N–H and O–H groups in total. The van der Waals surface area contributed by atoms with Crippen LogP contribution in [0.15, 0.2) is 24.3 Å². The third kappa shape index (κ3) is 4.61. The summed E-state index contributed by atoms with van der Waals surface area (Å²) >= 11 is 4.72. The van der Waals surface area contributed by atoms with E-state index in [1.165, 1.54) is 0 Å². The minimum absolute atomic E-state index is 0.209. The lowest BCUT2D eigenvalue weighted by Crippen LogP contribution is -2.23. The SMILES string of the molecule is NC(=S)Nc1cccc(CCNC(=O)O)c1. The van der Waals surface area contributed by atoms with Gasteiger partial charge >= 0.3 is 6.09 Å². The number of carboxylic acid groups (broad SMARTS) is 1. The van der Waals surface area contributed by atoms with Crippen molar-refractivity contribution in [1.82, 2.24) is 5.32 Å². The molecule has 0 radical (unpaired) electrons. The number of carbonyl (C=O) groups is 1. The quantitative estimate of drug-likeness (QED) is 0.592. The van der Waals surface area contributed by atoms with Crippen molar-refractivity contribution in [2.75, 3.05) is 11.9 Å². The summed E-state index contributed by atoms with van der Waals surface area (Å²) in [5, 5.41) is 13.7. The molecule has 0 heterocycles. The van der Waals surface area contributed by atoms with Gasteiger partial charge in [0.1, 0.15) is 0 Å². The van der Waals surface area contributed by atoms with Crippen LogP contribution in [0.4, 0.5) is 10.5 Å². The Morgan fingerprint density at radius 3 is 2.88 bits per heavy atom. The van der Waals surface area contributed by atoms with Crippen molar-refractivity contribution in [3.8, 4) is 0 Å². The smallest absolute Gasteiger partial charge is 0.404 e. The second-order valence-corrected chi connectivity index (χ2v) is 3.61. The maximum Gasteiger partial charge on any atom is 0.404 e. The fourth-order valence-corrected chi connectivity index (χ4v) is 1.38. The number of hydrogen-bond acceptors (Lipinski definition) is 2. The third-order valence-corrected chi connectivity index (χ3v) is 1.99. The second kappa shape index (κ2) is 5.92. The average molecular weight is 239 g/mol. The third-order valence-electron chi connectivity index (χ3n) is 1.88. The Kier molecular flexibility index (Phi) is 4.53. The maximum atomic E-state index is 10.2. The molecule has 0 aliphatic rings. The van der Waals surface area contributed by atoms with E-state index in [4.69, 9.17) is 23.1 Å². The lowest BCUT2D eigenvalue weighted by molar-refractivity contribution is 0.194. The van der Waals surface area contributed by atoms with Crippen molar-refractivity contribution < 1.29 is 9.90 Å². The molecule has 1 rings (SSSR count). The first-order valence-corrected chi connectivity index (χ1v) is 5.11. The summed E-state index contributed by atoms with van der Waals surface area (Å²) in [6.07, 6.45) is -0.392. The predicted molar refractivity (Wildman–Crippen MR) is 66.6 cm³/mol. The zero-order valence-electron chi connectivity index (χ0n) is 8.56. The number of nitrogens with two attached hydrogens (primary N) is 1. The van der Waals surface area contributed by atoms with Gasteiger partial charge in [-0.2, -0.15) is 0 Å². The highest BCUT2D eigenvalue weighted by Gasteiger charge is 1.98. The number of benzene rings is 1. The van der Waals surface area contributed by atoms with Gasteiger partial charge in [-0.1, -0.05) is 12.1 Å². The summed E-state index contributed by atoms with van der Waals surface area (Å²) in [5.74, 6) is 0. The van der Waals surface area contributed by atoms with Gasteiger partial charge in [0.25, 0.3) is 0 Å². The van der Waals surface area contributed by atoms with Gasteiger partial charge in [0.15, 0.2) is 5.11 Å². The predicted octanol–water partition coefficient (Wildman–Crippen LogP) is 1.15. The van der Waals surface area contributed by atoms with Crippen LogP contribution in [0.1, 0.15) is 5.56 Å². The highest BCUT2D eigenvalue weighted by molar-refractivity contribution is 7.80. The number of amides is 1. The van der Waals surface area contributed by atoms with E-state index in [0.717, 1.165) is 11.3 Å². The van der Waals surface area contributed by atoms with Crippen molar-refractivity contribution in [2.24, 2.45) is 5.73 Å². The molecule has 0 atom stereocenters. The van der Waals surface area contributed by atoms with Gasteiger partial charge in [0.05, 0.1) is 0 Å². The number of rotatable bonds is 4. The molecule has 0 aromatic heterocycles. The van der Waals surface area contributed by atoms with Gasteiger partial charge in [-0.05, 0) is 36.3 Å². The van der Waals surface area contributed by atoms with E-state index in [-0.39, 0.29) is 5.11 Å². The van der Waals surface area contributed by atoms with Crippen LogP contribution in [0.5, 0.6) is 0 Å². The van der Waals surface area contributed by atoms with Crippen molar-refractivity contribution in [2.45, 2.75) is 6.42 Å². The summed E-state index contributed by atoms with van der Waals surface area (Å²) in [5.41, 5.74) is 7.16. The Bertz CT molecular complexity index is 395. The summed E-state index contributed by atoms with van der Waals surface area (Å²) in [6, 6.07) is 7.49.